The minimum Gasteiger partial charge on any atom is -0.478 e. The topological polar surface area (TPSA) is 111 Å². The number of amides is 2. The van der Waals surface area contributed by atoms with E-state index in [-0.39, 0.29) is 17.2 Å². The number of nitrogens with one attached hydrogen (secondary N) is 2. The van der Waals surface area contributed by atoms with E-state index in [9.17, 15) is 24.1 Å². The highest BCUT2D eigenvalue weighted by Crippen LogP contribution is 2.21. The van der Waals surface area contributed by atoms with Gasteiger partial charge >= 0.3 is 0 Å². The number of thioether (sulfide) groups is 1. The average molecular weight is 393 g/mol. The van der Waals surface area contributed by atoms with E-state index in [0.29, 0.717) is 4.90 Å². The number of nitrogens with zero attached hydrogens (tertiary/aromatic N) is 1. The molecule has 27 heavy (non-hydrogen) atoms. The highest BCUT2D eigenvalue weighted by atomic mass is 32.2. The van der Waals surface area contributed by atoms with Crippen LogP contribution in [-0.4, -0.2) is 28.6 Å². The first-order valence-corrected chi connectivity index (χ1v) is 8.72. The van der Waals surface area contributed by atoms with Crippen LogP contribution in [0.4, 0.5) is 10.1 Å². The molecule has 0 heterocycles. The lowest BCUT2D eigenvalue weighted by Gasteiger charge is -2.15. The standard InChI is InChI=1S/C17H16FN3O5S/c1-11(26-15-5-3-2-4-14(15)18)17(23)20-19-16(22)10-27-13-8-6-12(7-9-13)21(24)25/h2-9,11H,10H2,1H3,(H,19,22)(H,20,23). The first kappa shape index (κ1) is 20.2. The quantitative estimate of drug-likeness (QED) is 0.425. The highest BCUT2D eigenvalue weighted by molar-refractivity contribution is 8.00. The molecule has 1 unspecified atom stereocenters. The van der Waals surface area contributed by atoms with Gasteiger partial charge in [0.15, 0.2) is 17.7 Å². The zero-order chi connectivity index (χ0) is 19.8. The SMILES string of the molecule is CC(Oc1ccccc1F)C(=O)NNC(=O)CSc1ccc([N+](=O)[O-])cc1. The third-order valence-electron chi connectivity index (χ3n) is 3.25. The van der Waals surface area contributed by atoms with Crippen molar-refractivity contribution in [1.29, 1.82) is 0 Å². The summed E-state index contributed by atoms with van der Waals surface area (Å²) in [4.78, 5) is 34.4. The average Bonchev–Trinajstić information content (AvgIpc) is 2.66. The molecule has 1 atom stereocenters. The summed E-state index contributed by atoms with van der Waals surface area (Å²) in [6.07, 6.45) is -1.02. The van der Waals surface area contributed by atoms with E-state index in [4.69, 9.17) is 4.74 Å². The molecule has 0 saturated carbocycles. The Balaban J connectivity index is 1.75. The molecule has 2 aromatic carbocycles. The van der Waals surface area contributed by atoms with Gasteiger partial charge in [0.05, 0.1) is 10.7 Å². The van der Waals surface area contributed by atoms with Crippen LogP contribution >= 0.6 is 11.8 Å². The number of hydrogen-bond acceptors (Lipinski definition) is 6. The zero-order valence-corrected chi connectivity index (χ0v) is 15.0. The Hall–Kier alpha value is -3.14. The fourth-order valence-electron chi connectivity index (χ4n) is 1.87. The largest absolute Gasteiger partial charge is 0.478 e. The zero-order valence-electron chi connectivity index (χ0n) is 14.2. The van der Waals surface area contributed by atoms with E-state index in [1.54, 1.807) is 6.07 Å². The molecule has 0 aliphatic rings. The fourth-order valence-corrected chi connectivity index (χ4v) is 2.56. The summed E-state index contributed by atoms with van der Waals surface area (Å²) in [5, 5.41) is 10.6. The van der Waals surface area contributed by atoms with Crippen molar-refractivity contribution in [1.82, 2.24) is 10.9 Å². The van der Waals surface area contributed by atoms with Gasteiger partial charge < -0.3 is 4.74 Å². The van der Waals surface area contributed by atoms with Crippen molar-refractivity contribution in [3.8, 4) is 5.75 Å². The Morgan fingerprint density at radius 2 is 1.85 bits per heavy atom. The van der Waals surface area contributed by atoms with Gasteiger partial charge in [-0.05, 0) is 31.2 Å². The number of hydrogen-bond donors (Lipinski definition) is 2. The summed E-state index contributed by atoms with van der Waals surface area (Å²) in [6, 6.07) is 11.4. The number of rotatable bonds is 7. The summed E-state index contributed by atoms with van der Waals surface area (Å²) in [7, 11) is 0. The van der Waals surface area contributed by atoms with Gasteiger partial charge in [-0.15, -0.1) is 11.8 Å². The number of para-hydroxylation sites is 1. The third-order valence-corrected chi connectivity index (χ3v) is 4.26. The third kappa shape index (κ3) is 6.26. The number of benzene rings is 2. The molecule has 0 aliphatic carbocycles. The Labute approximate surface area is 158 Å². The summed E-state index contributed by atoms with van der Waals surface area (Å²) in [5.74, 6) is -1.81. The van der Waals surface area contributed by atoms with Crippen molar-refractivity contribution in [2.45, 2.75) is 17.9 Å². The molecule has 2 N–H and O–H groups in total. The van der Waals surface area contributed by atoms with Gasteiger partial charge in [0, 0.05) is 17.0 Å². The number of non-ortho nitro benzene ring substituents is 1. The highest BCUT2D eigenvalue weighted by Gasteiger charge is 2.17. The maximum atomic E-state index is 13.5. The Morgan fingerprint density at radius 3 is 2.48 bits per heavy atom. The molecule has 2 rings (SSSR count). The van der Waals surface area contributed by atoms with Crippen LogP contribution in [0.3, 0.4) is 0 Å². The second-order valence-corrected chi connectivity index (χ2v) is 6.32. The van der Waals surface area contributed by atoms with Crippen LogP contribution in [-0.2, 0) is 9.59 Å². The van der Waals surface area contributed by atoms with Crippen LogP contribution in [0.25, 0.3) is 0 Å². The molecule has 0 spiro atoms. The van der Waals surface area contributed by atoms with Crippen LogP contribution in [0.15, 0.2) is 53.4 Å². The van der Waals surface area contributed by atoms with Gasteiger partial charge in [-0.1, -0.05) is 12.1 Å². The molecule has 142 valence electrons. The van der Waals surface area contributed by atoms with Crippen LogP contribution in [0, 0.1) is 15.9 Å². The molecular weight excluding hydrogens is 377 g/mol. The summed E-state index contributed by atoms with van der Waals surface area (Å²) in [5.41, 5.74) is 4.37. The lowest BCUT2D eigenvalue weighted by Crippen LogP contribution is -2.47. The number of carbonyl (C=O) groups is 2. The predicted octanol–water partition coefficient (Wildman–Crippen LogP) is 2.44. The molecule has 10 heteroatoms. The number of carbonyl (C=O) groups excluding carboxylic acids is 2. The first-order chi connectivity index (χ1) is 12.9. The smallest absolute Gasteiger partial charge is 0.279 e. The second kappa shape index (κ2) is 9.53. The molecule has 8 nitrogen and oxygen atoms in total. The van der Waals surface area contributed by atoms with E-state index in [2.05, 4.69) is 10.9 Å². The van der Waals surface area contributed by atoms with Crippen molar-refractivity contribution in [2.75, 3.05) is 5.75 Å². The van der Waals surface area contributed by atoms with E-state index in [1.807, 2.05) is 0 Å². The van der Waals surface area contributed by atoms with Crippen molar-refractivity contribution in [2.24, 2.45) is 0 Å². The minimum absolute atomic E-state index is 0.0133. The van der Waals surface area contributed by atoms with Gasteiger partial charge in [-0.2, -0.15) is 0 Å². The van der Waals surface area contributed by atoms with Crippen molar-refractivity contribution in [3.05, 3.63) is 64.5 Å². The van der Waals surface area contributed by atoms with Gasteiger partial charge in [0.25, 0.3) is 11.6 Å². The minimum atomic E-state index is -1.02. The van der Waals surface area contributed by atoms with Gasteiger partial charge in [-0.3, -0.25) is 30.6 Å². The predicted molar refractivity (Wildman–Crippen MR) is 96.6 cm³/mol. The molecule has 2 aromatic rings. The molecule has 0 fully saturated rings. The Bertz CT molecular complexity index is 832. The summed E-state index contributed by atoms with van der Waals surface area (Å²) < 4.78 is 18.7. The van der Waals surface area contributed by atoms with Crippen molar-refractivity contribution < 1.29 is 23.6 Å². The normalized spacial score (nSPS) is 11.3. The molecule has 0 radical (unpaired) electrons. The van der Waals surface area contributed by atoms with Crippen molar-refractivity contribution >= 4 is 29.3 Å². The number of nitro benzene ring substituents is 1. The van der Waals surface area contributed by atoms with Crippen LogP contribution in [0.2, 0.25) is 0 Å². The summed E-state index contributed by atoms with van der Waals surface area (Å²) in [6.45, 7) is 1.42. The molecule has 0 aromatic heterocycles. The van der Waals surface area contributed by atoms with Gasteiger partial charge in [-0.25, -0.2) is 4.39 Å². The Kier molecular flexibility index (Phi) is 7.12. The molecule has 0 saturated heterocycles. The maximum Gasteiger partial charge on any atom is 0.279 e. The van der Waals surface area contributed by atoms with E-state index in [1.165, 1.54) is 49.4 Å². The van der Waals surface area contributed by atoms with Gasteiger partial charge in [0.1, 0.15) is 0 Å². The number of nitro groups is 1. The monoisotopic (exact) mass is 393 g/mol. The molecule has 2 amide bonds. The number of halogens is 1. The first-order valence-electron chi connectivity index (χ1n) is 7.74. The van der Waals surface area contributed by atoms with Crippen LogP contribution in [0.1, 0.15) is 6.92 Å². The van der Waals surface area contributed by atoms with Crippen LogP contribution in [0.5, 0.6) is 5.75 Å². The van der Waals surface area contributed by atoms with E-state index >= 15 is 0 Å². The lowest BCUT2D eigenvalue weighted by atomic mass is 10.3. The fraction of sp³-hybridized carbons (Fsp3) is 0.176. The maximum absolute atomic E-state index is 13.5. The van der Waals surface area contributed by atoms with Gasteiger partial charge in [0.2, 0.25) is 5.91 Å². The molecule has 0 aliphatic heterocycles. The molecule has 0 bridgehead atoms. The van der Waals surface area contributed by atoms with E-state index < -0.39 is 28.7 Å². The van der Waals surface area contributed by atoms with Crippen molar-refractivity contribution in [3.63, 3.8) is 0 Å². The summed E-state index contributed by atoms with van der Waals surface area (Å²) >= 11 is 1.15. The number of hydrazine groups is 1. The second-order valence-electron chi connectivity index (χ2n) is 5.27. The van der Waals surface area contributed by atoms with E-state index in [0.717, 1.165) is 11.8 Å². The molecular formula is C17H16FN3O5S. The van der Waals surface area contributed by atoms with Crippen LogP contribution < -0.4 is 15.6 Å². The Morgan fingerprint density at radius 1 is 1.19 bits per heavy atom. The lowest BCUT2D eigenvalue weighted by molar-refractivity contribution is -0.384. The number of ether oxygens (including phenoxy) is 1.